The molecule has 0 fully saturated rings. The maximum atomic E-state index is 11.9. The third kappa shape index (κ3) is 3.31. The van der Waals surface area contributed by atoms with Crippen molar-refractivity contribution in [3.8, 4) is 5.75 Å². The van der Waals surface area contributed by atoms with Gasteiger partial charge in [-0.1, -0.05) is 18.2 Å². The number of para-hydroxylation sites is 1. The number of benzene rings is 1. The molecule has 0 aliphatic carbocycles. The van der Waals surface area contributed by atoms with Gasteiger partial charge in [0.1, 0.15) is 11.4 Å². The smallest absolute Gasteiger partial charge is 0.236 e. The van der Waals surface area contributed by atoms with Crippen molar-refractivity contribution < 1.29 is 9.53 Å². The molecule has 2 rings (SSSR count). The minimum Gasteiger partial charge on any atom is -0.487 e. The lowest BCUT2D eigenvalue weighted by Gasteiger charge is -2.38. The van der Waals surface area contributed by atoms with Gasteiger partial charge in [-0.2, -0.15) is 0 Å². The maximum Gasteiger partial charge on any atom is 0.236 e. The normalized spacial score (nSPS) is 19.9. The zero-order chi connectivity index (χ0) is 14.8. The number of carbonyl (C=O) groups is 1. The first-order chi connectivity index (χ1) is 9.43. The van der Waals surface area contributed by atoms with E-state index in [0.717, 1.165) is 24.3 Å². The third-order valence-corrected chi connectivity index (χ3v) is 3.78. The highest BCUT2D eigenvalue weighted by Crippen LogP contribution is 2.38. The van der Waals surface area contributed by atoms with E-state index in [9.17, 15) is 4.79 Å². The van der Waals surface area contributed by atoms with Crippen LogP contribution in [0, 0.1) is 0 Å². The average Bonchev–Trinajstić information content (AvgIpc) is 2.42. The van der Waals surface area contributed by atoms with Gasteiger partial charge in [-0.05, 0) is 26.8 Å². The quantitative estimate of drug-likeness (QED) is 0.918. The summed E-state index contributed by atoms with van der Waals surface area (Å²) in [6, 6.07) is 8.20. The number of nitrogens with zero attached hydrogens (tertiary/aromatic N) is 1. The lowest BCUT2D eigenvalue weighted by Crippen LogP contribution is -2.42. The Bertz CT molecular complexity index is 485. The van der Waals surface area contributed by atoms with Crippen LogP contribution in [-0.2, 0) is 4.79 Å². The molecule has 20 heavy (non-hydrogen) atoms. The topological polar surface area (TPSA) is 41.6 Å². The number of amides is 1. The summed E-state index contributed by atoms with van der Waals surface area (Å²) in [4.78, 5) is 13.6. The number of rotatable bonds is 4. The van der Waals surface area contributed by atoms with E-state index < -0.39 is 0 Å². The first-order valence-corrected chi connectivity index (χ1v) is 7.18. The molecule has 1 unspecified atom stereocenters. The zero-order valence-corrected chi connectivity index (χ0v) is 12.8. The van der Waals surface area contributed by atoms with Crippen LogP contribution in [0.2, 0.25) is 0 Å². The van der Waals surface area contributed by atoms with Crippen molar-refractivity contribution in [2.75, 3.05) is 20.1 Å². The van der Waals surface area contributed by atoms with Gasteiger partial charge in [0.25, 0.3) is 0 Å². The van der Waals surface area contributed by atoms with Crippen molar-refractivity contribution in [1.82, 2.24) is 10.2 Å². The molecule has 0 bridgehead atoms. The van der Waals surface area contributed by atoms with Gasteiger partial charge < -0.3 is 15.0 Å². The fourth-order valence-electron chi connectivity index (χ4n) is 2.51. The number of fused-ring (bicyclic) bond motifs is 1. The lowest BCUT2D eigenvalue weighted by molar-refractivity contribution is -0.129. The lowest BCUT2D eigenvalue weighted by atomic mass is 9.90. The van der Waals surface area contributed by atoms with Crippen LogP contribution in [0.4, 0.5) is 0 Å². The molecule has 1 N–H and O–H groups in total. The highest BCUT2D eigenvalue weighted by molar-refractivity contribution is 5.78. The molecule has 4 nitrogen and oxygen atoms in total. The molecule has 0 radical (unpaired) electrons. The molecule has 1 atom stereocenters. The SMILES string of the molecule is CCN(C)C(=O)CNC1CC(C)(C)Oc2ccccc21. The second kappa shape index (κ2) is 5.83. The second-order valence-corrected chi connectivity index (χ2v) is 5.95. The Labute approximate surface area is 121 Å². The van der Waals surface area contributed by atoms with Gasteiger partial charge >= 0.3 is 0 Å². The molecule has 0 aromatic heterocycles. The Morgan fingerprint density at radius 1 is 1.45 bits per heavy atom. The Morgan fingerprint density at radius 3 is 2.85 bits per heavy atom. The number of ether oxygens (including phenoxy) is 1. The summed E-state index contributed by atoms with van der Waals surface area (Å²) in [5.41, 5.74) is 0.921. The Balaban J connectivity index is 2.10. The van der Waals surface area contributed by atoms with Crippen LogP contribution in [0.1, 0.15) is 38.8 Å². The summed E-state index contributed by atoms with van der Waals surface area (Å²) in [7, 11) is 1.83. The molecule has 1 aliphatic heterocycles. The zero-order valence-electron chi connectivity index (χ0n) is 12.8. The monoisotopic (exact) mass is 276 g/mol. The van der Waals surface area contributed by atoms with E-state index in [2.05, 4.69) is 25.2 Å². The summed E-state index contributed by atoms with van der Waals surface area (Å²) < 4.78 is 5.99. The van der Waals surface area contributed by atoms with Crippen molar-refractivity contribution in [3.63, 3.8) is 0 Å². The first kappa shape index (κ1) is 14.9. The molecular formula is C16H24N2O2. The van der Waals surface area contributed by atoms with Gasteiger partial charge in [0.2, 0.25) is 5.91 Å². The van der Waals surface area contributed by atoms with Crippen LogP contribution < -0.4 is 10.1 Å². The fourth-order valence-corrected chi connectivity index (χ4v) is 2.51. The molecule has 1 heterocycles. The molecule has 1 aromatic rings. The van der Waals surface area contributed by atoms with Gasteiger partial charge in [0.15, 0.2) is 0 Å². The number of nitrogens with one attached hydrogen (secondary N) is 1. The summed E-state index contributed by atoms with van der Waals surface area (Å²) >= 11 is 0. The van der Waals surface area contributed by atoms with E-state index >= 15 is 0 Å². The van der Waals surface area contributed by atoms with E-state index in [4.69, 9.17) is 4.74 Å². The van der Waals surface area contributed by atoms with Crippen LogP contribution in [0.25, 0.3) is 0 Å². The van der Waals surface area contributed by atoms with E-state index in [1.54, 1.807) is 4.90 Å². The van der Waals surface area contributed by atoms with Gasteiger partial charge in [-0.25, -0.2) is 0 Å². The van der Waals surface area contributed by atoms with Crippen LogP contribution >= 0.6 is 0 Å². The van der Waals surface area contributed by atoms with Gasteiger partial charge in [0, 0.05) is 31.6 Å². The molecule has 0 saturated heterocycles. The second-order valence-electron chi connectivity index (χ2n) is 5.95. The Kier molecular flexibility index (Phi) is 4.33. The molecule has 1 amide bonds. The summed E-state index contributed by atoms with van der Waals surface area (Å²) in [5.74, 6) is 1.03. The van der Waals surface area contributed by atoms with Crippen molar-refractivity contribution in [3.05, 3.63) is 29.8 Å². The highest BCUT2D eigenvalue weighted by Gasteiger charge is 2.33. The van der Waals surface area contributed by atoms with Crippen LogP contribution in [0.3, 0.4) is 0 Å². The summed E-state index contributed by atoms with van der Waals surface area (Å²) in [6.45, 7) is 7.23. The van der Waals surface area contributed by atoms with Crippen molar-refractivity contribution in [2.45, 2.75) is 38.8 Å². The molecule has 0 spiro atoms. The van der Waals surface area contributed by atoms with Crippen molar-refractivity contribution in [2.24, 2.45) is 0 Å². The Morgan fingerprint density at radius 2 is 2.15 bits per heavy atom. The standard InChI is InChI=1S/C16H24N2O2/c1-5-18(4)15(19)11-17-13-10-16(2,3)20-14-9-7-6-8-12(13)14/h6-9,13,17H,5,10-11H2,1-4H3. The molecule has 1 aliphatic rings. The van der Waals surface area contributed by atoms with Crippen LogP contribution in [0.15, 0.2) is 24.3 Å². The van der Waals surface area contributed by atoms with Gasteiger partial charge in [-0.3, -0.25) is 4.79 Å². The van der Waals surface area contributed by atoms with E-state index in [0.29, 0.717) is 6.54 Å². The predicted octanol–water partition coefficient (Wildman–Crippen LogP) is 2.36. The van der Waals surface area contributed by atoms with Crippen LogP contribution in [-0.4, -0.2) is 36.5 Å². The third-order valence-electron chi connectivity index (χ3n) is 3.78. The number of hydrogen-bond acceptors (Lipinski definition) is 3. The number of likely N-dealkylation sites (N-methyl/N-ethyl adjacent to an activating group) is 1. The molecule has 1 aromatic carbocycles. The minimum absolute atomic E-state index is 0.120. The Hall–Kier alpha value is -1.55. The van der Waals surface area contributed by atoms with Crippen molar-refractivity contribution >= 4 is 5.91 Å². The maximum absolute atomic E-state index is 11.9. The largest absolute Gasteiger partial charge is 0.487 e. The minimum atomic E-state index is -0.217. The first-order valence-electron chi connectivity index (χ1n) is 7.18. The molecule has 110 valence electrons. The number of carbonyl (C=O) groups excluding carboxylic acids is 1. The van der Waals surface area contributed by atoms with Gasteiger partial charge in [0.05, 0.1) is 6.54 Å². The molecule has 4 heteroatoms. The summed E-state index contributed by atoms with van der Waals surface area (Å²) in [6.07, 6.45) is 0.854. The summed E-state index contributed by atoms with van der Waals surface area (Å²) in [5, 5.41) is 3.38. The van der Waals surface area contributed by atoms with Gasteiger partial charge in [-0.15, -0.1) is 0 Å². The van der Waals surface area contributed by atoms with E-state index in [1.807, 2.05) is 32.2 Å². The highest BCUT2D eigenvalue weighted by atomic mass is 16.5. The molecule has 0 saturated carbocycles. The van der Waals surface area contributed by atoms with E-state index in [1.165, 1.54) is 0 Å². The molecular weight excluding hydrogens is 252 g/mol. The van der Waals surface area contributed by atoms with Crippen LogP contribution in [0.5, 0.6) is 5.75 Å². The number of hydrogen-bond donors (Lipinski definition) is 1. The fraction of sp³-hybridized carbons (Fsp3) is 0.562. The van der Waals surface area contributed by atoms with Crippen molar-refractivity contribution in [1.29, 1.82) is 0 Å². The average molecular weight is 276 g/mol. The predicted molar refractivity (Wildman–Crippen MR) is 79.8 cm³/mol. The van der Waals surface area contributed by atoms with E-state index in [-0.39, 0.29) is 17.6 Å².